The summed E-state index contributed by atoms with van der Waals surface area (Å²) in [6.45, 7) is 2.01. The van der Waals surface area contributed by atoms with Crippen molar-refractivity contribution in [3.05, 3.63) is 47.2 Å². The van der Waals surface area contributed by atoms with Gasteiger partial charge in [0.25, 0.3) is 0 Å². The highest BCUT2D eigenvalue weighted by Crippen LogP contribution is 2.32. The van der Waals surface area contributed by atoms with Crippen molar-refractivity contribution < 1.29 is 0 Å². The van der Waals surface area contributed by atoms with Gasteiger partial charge < -0.3 is 4.98 Å². The topological polar surface area (TPSA) is 41.6 Å². The van der Waals surface area contributed by atoms with Crippen LogP contribution >= 0.6 is 11.6 Å². The number of H-pyrrole nitrogens is 1. The van der Waals surface area contributed by atoms with Crippen LogP contribution in [0, 0.1) is 6.92 Å². The molecule has 0 saturated heterocycles. The Morgan fingerprint density at radius 3 is 2.79 bits per heavy atom. The van der Waals surface area contributed by atoms with Crippen molar-refractivity contribution in [2.24, 2.45) is 0 Å². The number of aryl methyl sites for hydroxylation is 1. The van der Waals surface area contributed by atoms with Crippen molar-refractivity contribution >= 4 is 44.4 Å². The summed E-state index contributed by atoms with van der Waals surface area (Å²) in [4.78, 5) is 12.4. The maximum Gasteiger partial charge on any atom is 0.139 e. The van der Waals surface area contributed by atoms with Gasteiger partial charge in [-0.25, -0.2) is 9.97 Å². The fourth-order valence-electron chi connectivity index (χ4n) is 2.49. The van der Waals surface area contributed by atoms with Crippen LogP contribution in [0.25, 0.3) is 32.8 Å². The number of hydrogen-bond acceptors (Lipinski definition) is 2. The number of benzene rings is 1. The molecule has 19 heavy (non-hydrogen) atoms. The Bertz CT molecular complexity index is 940. The van der Waals surface area contributed by atoms with Crippen LogP contribution in [0.2, 0.25) is 5.02 Å². The quantitative estimate of drug-likeness (QED) is 0.518. The molecule has 0 aliphatic rings. The fraction of sp³-hybridized carbons (Fsp3) is 0.0667. The summed E-state index contributed by atoms with van der Waals surface area (Å²) in [7, 11) is 0. The smallest absolute Gasteiger partial charge is 0.139 e. The largest absolute Gasteiger partial charge is 0.344 e. The van der Waals surface area contributed by atoms with Crippen LogP contribution in [-0.4, -0.2) is 15.0 Å². The van der Waals surface area contributed by atoms with Gasteiger partial charge in [-0.2, -0.15) is 0 Å². The van der Waals surface area contributed by atoms with Crippen LogP contribution in [-0.2, 0) is 0 Å². The first-order chi connectivity index (χ1) is 9.24. The monoisotopic (exact) mass is 267 g/mol. The van der Waals surface area contributed by atoms with Gasteiger partial charge in [-0.05, 0) is 25.1 Å². The molecule has 1 N–H and O–H groups in total. The summed E-state index contributed by atoms with van der Waals surface area (Å²) in [6, 6.07) is 9.92. The van der Waals surface area contributed by atoms with Crippen LogP contribution in [0.15, 0.2) is 36.5 Å². The summed E-state index contributed by atoms with van der Waals surface area (Å²) in [6.07, 6.45) is 1.86. The van der Waals surface area contributed by atoms with Crippen molar-refractivity contribution in [3.63, 3.8) is 0 Å². The van der Waals surface area contributed by atoms with E-state index in [9.17, 15) is 0 Å². The van der Waals surface area contributed by atoms with Gasteiger partial charge in [-0.1, -0.05) is 23.7 Å². The zero-order valence-electron chi connectivity index (χ0n) is 10.2. The second-order valence-electron chi connectivity index (χ2n) is 4.67. The Kier molecular flexibility index (Phi) is 2.09. The Morgan fingerprint density at radius 2 is 1.89 bits per heavy atom. The molecule has 4 heteroatoms. The molecule has 4 aromatic rings. The number of nitrogens with zero attached hydrogens (tertiary/aromatic N) is 2. The molecule has 92 valence electrons. The van der Waals surface area contributed by atoms with Gasteiger partial charge in [0.15, 0.2) is 0 Å². The highest BCUT2D eigenvalue weighted by molar-refractivity contribution is 6.36. The first kappa shape index (κ1) is 10.8. The fourth-order valence-corrected chi connectivity index (χ4v) is 2.70. The van der Waals surface area contributed by atoms with Gasteiger partial charge in [0.05, 0.1) is 16.1 Å². The number of fused-ring (bicyclic) bond motifs is 5. The molecular formula is C15H10ClN3. The van der Waals surface area contributed by atoms with Crippen LogP contribution in [0.5, 0.6) is 0 Å². The molecule has 3 heterocycles. The second kappa shape index (κ2) is 3.68. The van der Waals surface area contributed by atoms with Crippen molar-refractivity contribution in [3.8, 4) is 0 Å². The number of hydrogen-bond donors (Lipinski definition) is 1. The number of aromatic amines is 1. The maximum atomic E-state index is 6.21. The molecule has 0 spiro atoms. The van der Waals surface area contributed by atoms with Crippen LogP contribution in [0.1, 0.15) is 5.69 Å². The molecule has 3 nitrogen and oxygen atoms in total. The first-order valence-corrected chi connectivity index (χ1v) is 6.44. The normalized spacial score (nSPS) is 11.7. The molecule has 4 rings (SSSR count). The number of rotatable bonds is 0. The van der Waals surface area contributed by atoms with Crippen molar-refractivity contribution in [1.29, 1.82) is 0 Å². The molecule has 0 unspecified atom stereocenters. The summed E-state index contributed by atoms with van der Waals surface area (Å²) >= 11 is 6.21. The van der Waals surface area contributed by atoms with Gasteiger partial charge in [0.1, 0.15) is 5.65 Å². The molecule has 0 atom stereocenters. The molecule has 1 aromatic carbocycles. The minimum atomic E-state index is 0.679. The lowest BCUT2D eigenvalue weighted by molar-refractivity contribution is 1.21. The molecule has 3 aromatic heterocycles. The summed E-state index contributed by atoms with van der Waals surface area (Å²) < 4.78 is 0. The van der Waals surface area contributed by atoms with E-state index in [1.165, 1.54) is 0 Å². The lowest BCUT2D eigenvalue weighted by atomic mass is 10.1. The standard InChI is InChI=1S/C15H10ClN3/c1-8-5-6-10-13-11(7-17-15(10)18-8)9-3-2-4-12(16)14(9)19-13/h2-7H,1H3,(H,17,18). The number of halogens is 1. The van der Waals surface area contributed by atoms with Crippen LogP contribution < -0.4 is 0 Å². The Hall–Kier alpha value is -2.13. The van der Waals surface area contributed by atoms with E-state index in [2.05, 4.69) is 21.0 Å². The van der Waals surface area contributed by atoms with E-state index in [4.69, 9.17) is 11.6 Å². The third-order valence-corrected chi connectivity index (χ3v) is 3.71. The highest BCUT2D eigenvalue weighted by atomic mass is 35.5. The van der Waals surface area contributed by atoms with Crippen molar-refractivity contribution in [1.82, 2.24) is 15.0 Å². The number of aromatic nitrogens is 3. The summed E-state index contributed by atoms with van der Waals surface area (Å²) in [5.74, 6) is 0. The SMILES string of the molecule is Cc1ccc2c(ncc3c4cccc(Cl)c4nc23)[nH]1. The molecule has 0 fully saturated rings. The Balaban J connectivity index is 2.28. The van der Waals surface area contributed by atoms with E-state index in [-0.39, 0.29) is 0 Å². The molecule has 0 aliphatic heterocycles. The predicted octanol–water partition coefficient (Wildman–Crippen LogP) is 4.23. The summed E-state index contributed by atoms with van der Waals surface area (Å²) in [5.41, 5.74) is 3.72. The third kappa shape index (κ3) is 1.45. The van der Waals surface area contributed by atoms with Gasteiger partial charge in [-0.3, -0.25) is 0 Å². The van der Waals surface area contributed by atoms with Crippen molar-refractivity contribution in [2.45, 2.75) is 6.92 Å². The molecule has 0 saturated carbocycles. The van der Waals surface area contributed by atoms with E-state index < -0.39 is 0 Å². The van der Waals surface area contributed by atoms with E-state index in [0.29, 0.717) is 5.02 Å². The van der Waals surface area contributed by atoms with E-state index >= 15 is 0 Å². The number of para-hydroxylation sites is 1. The number of pyridine rings is 2. The lowest BCUT2D eigenvalue weighted by Crippen LogP contribution is -1.87. The van der Waals surface area contributed by atoms with Gasteiger partial charge in [0.2, 0.25) is 0 Å². The van der Waals surface area contributed by atoms with Gasteiger partial charge in [-0.15, -0.1) is 0 Å². The average molecular weight is 268 g/mol. The molecular weight excluding hydrogens is 258 g/mol. The Morgan fingerprint density at radius 1 is 1.00 bits per heavy atom. The Labute approximate surface area is 114 Å². The molecule has 0 aliphatic carbocycles. The van der Waals surface area contributed by atoms with E-state index in [0.717, 1.165) is 38.5 Å². The zero-order valence-corrected chi connectivity index (χ0v) is 11.0. The molecule has 0 amide bonds. The zero-order chi connectivity index (χ0) is 13.0. The minimum absolute atomic E-state index is 0.679. The van der Waals surface area contributed by atoms with E-state index in [1.54, 1.807) is 0 Å². The summed E-state index contributed by atoms with van der Waals surface area (Å²) in [5, 5.41) is 3.80. The van der Waals surface area contributed by atoms with Crippen LogP contribution in [0.3, 0.4) is 0 Å². The van der Waals surface area contributed by atoms with Crippen LogP contribution in [0.4, 0.5) is 0 Å². The molecule has 0 radical (unpaired) electrons. The first-order valence-electron chi connectivity index (χ1n) is 6.06. The van der Waals surface area contributed by atoms with Crippen molar-refractivity contribution in [2.75, 3.05) is 0 Å². The lowest BCUT2D eigenvalue weighted by Gasteiger charge is -2.00. The third-order valence-electron chi connectivity index (χ3n) is 3.40. The highest BCUT2D eigenvalue weighted by Gasteiger charge is 2.11. The van der Waals surface area contributed by atoms with Gasteiger partial charge in [0, 0.05) is 28.0 Å². The van der Waals surface area contributed by atoms with E-state index in [1.807, 2.05) is 37.4 Å². The number of nitrogens with one attached hydrogen (secondary N) is 1. The predicted molar refractivity (Wildman–Crippen MR) is 78.6 cm³/mol. The average Bonchev–Trinajstić information content (AvgIpc) is 2.79. The molecule has 0 bridgehead atoms. The minimum Gasteiger partial charge on any atom is -0.344 e. The van der Waals surface area contributed by atoms with Gasteiger partial charge >= 0.3 is 0 Å². The maximum absolute atomic E-state index is 6.21. The second-order valence-corrected chi connectivity index (χ2v) is 5.08.